The SMILES string of the molecule is CCCOc1ccc(C(O)c2ccc(C)c(F)c2F)cc1. The molecule has 0 radical (unpaired) electrons. The summed E-state index contributed by atoms with van der Waals surface area (Å²) in [4.78, 5) is 0. The summed E-state index contributed by atoms with van der Waals surface area (Å²) in [6.07, 6.45) is -0.307. The fourth-order valence-electron chi connectivity index (χ4n) is 2.02. The Hall–Kier alpha value is -1.94. The molecule has 0 aliphatic carbocycles. The number of aliphatic hydroxyl groups excluding tert-OH is 1. The van der Waals surface area contributed by atoms with Crippen molar-refractivity contribution in [3.63, 3.8) is 0 Å². The van der Waals surface area contributed by atoms with E-state index in [1.165, 1.54) is 19.1 Å². The standard InChI is InChI=1S/C17H18F2O2/c1-3-10-21-13-7-5-12(6-8-13)17(20)14-9-4-11(2)15(18)16(14)19/h4-9,17,20H,3,10H2,1-2H3. The number of benzene rings is 2. The highest BCUT2D eigenvalue weighted by atomic mass is 19.2. The molecule has 0 amide bonds. The molecule has 0 aromatic heterocycles. The quantitative estimate of drug-likeness (QED) is 0.897. The van der Waals surface area contributed by atoms with Crippen LogP contribution in [0.3, 0.4) is 0 Å². The number of hydrogen-bond acceptors (Lipinski definition) is 2. The van der Waals surface area contributed by atoms with Gasteiger partial charge in [0.15, 0.2) is 11.6 Å². The molecule has 21 heavy (non-hydrogen) atoms. The van der Waals surface area contributed by atoms with E-state index in [9.17, 15) is 13.9 Å². The van der Waals surface area contributed by atoms with Gasteiger partial charge in [0.2, 0.25) is 0 Å². The Bertz CT molecular complexity index is 609. The van der Waals surface area contributed by atoms with Crippen LogP contribution in [-0.2, 0) is 0 Å². The summed E-state index contributed by atoms with van der Waals surface area (Å²) in [5.41, 5.74) is 0.632. The van der Waals surface area contributed by atoms with Crippen LogP contribution in [0, 0.1) is 18.6 Å². The van der Waals surface area contributed by atoms with Gasteiger partial charge < -0.3 is 9.84 Å². The fraction of sp³-hybridized carbons (Fsp3) is 0.294. The van der Waals surface area contributed by atoms with Crippen LogP contribution in [0.25, 0.3) is 0 Å². The molecule has 112 valence electrons. The average molecular weight is 292 g/mol. The molecule has 2 nitrogen and oxygen atoms in total. The van der Waals surface area contributed by atoms with Gasteiger partial charge in [-0.3, -0.25) is 0 Å². The summed E-state index contributed by atoms with van der Waals surface area (Å²) in [5, 5.41) is 10.2. The Morgan fingerprint density at radius 3 is 2.33 bits per heavy atom. The molecule has 2 rings (SSSR count). The number of rotatable bonds is 5. The molecule has 1 N–H and O–H groups in total. The number of hydrogen-bond donors (Lipinski definition) is 1. The van der Waals surface area contributed by atoms with Crippen molar-refractivity contribution in [1.29, 1.82) is 0 Å². The molecule has 0 spiro atoms. The smallest absolute Gasteiger partial charge is 0.165 e. The van der Waals surface area contributed by atoms with Gasteiger partial charge in [-0.2, -0.15) is 0 Å². The largest absolute Gasteiger partial charge is 0.494 e. The molecule has 0 fully saturated rings. The summed E-state index contributed by atoms with van der Waals surface area (Å²) in [6.45, 7) is 4.10. The van der Waals surface area contributed by atoms with E-state index in [0.717, 1.165) is 6.42 Å². The first-order chi connectivity index (χ1) is 10.0. The van der Waals surface area contributed by atoms with Crippen LogP contribution in [0.1, 0.15) is 36.1 Å². The maximum absolute atomic E-state index is 13.9. The average Bonchev–Trinajstić information content (AvgIpc) is 2.51. The summed E-state index contributed by atoms with van der Waals surface area (Å²) in [6, 6.07) is 9.56. The molecule has 1 atom stereocenters. The van der Waals surface area contributed by atoms with E-state index >= 15 is 0 Å². The monoisotopic (exact) mass is 292 g/mol. The Labute approximate surface area is 123 Å². The third-order valence-electron chi connectivity index (χ3n) is 3.27. The van der Waals surface area contributed by atoms with Crippen molar-refractivity contribution in [2.75, 3.05) is 6.61 Å². The highest BCUT2D eigenvalue weighted by Crippen LogP contribution is 2.28. The van der Waals surface area contributed by atoms with Gasteiger partial charge in [-0.1, -0.05) is 31.2 Å². The lowest BCUT2D eigenvalue weighted by Gasteiger charge is -2.14. The van der Waals surface area contributed by atoms with E-state index in [0.29, 0.717) is 17.9 Å². The van der Waals surface area contributed by atoms with E-state index in [1.54, 1.807) is 24.3 Å². The third kappa shape index (κ3) is 3.39. The van der Waals surface area contributed by atoms with Crippen LogP contribution < -0.4 is 4.74 Å². The molecule has 0 aliphatic rings. The first kappa shape index (κ1) is 15.4. The van der Waals surface area contributed by atoms with E-state index in [1.807, 2.05) is 6.92 Å². The number of aliphatic hydroxyl groups is 1. The van der Waals surface area contributed by atoms with Crippen LogP contribution in [0.5, 0.6) is 5.75 Å². The Balaban J connectivity index is 2.24. The van der Waals surface area contributed by atoms with Crippen molar-refractivity contribution in [3.05, 3.63) is 64.7 Å². The minimum absolute atomic E-state index is 0.0691. The maximum Gasteiger partial charge on any atom is 0.165 e. The third-order valence-corrected chi connectivity index (χ3v) is 3.27. The van der Waals surface area contributed by atoms with E-state index in [4.69, 9.17) is 4.74 Å². The number of aryl methyl sites for hydroxylation is 1. The Morgan fingerprint density at radius 2 is 1.71 bits per heavy atom. The topological polar surface area (TPSA) is 29.5 Å². The number of halogens is 2. The first-order valence-corrected chi connectivity index (χ1v) is 6.90. The molecule has 0 bridgehead atoms. The molecular formula is C17H18F2O2. The highest BCUT2D eigenvalue weighted by Gasteiger charge is 2.19. The molecule has 1 unspecified atom stereocenters. The number of ether oxygens (including phenoxy) is 1. The van der Waals surface area contributed by atoms with Crippen molar-refractivity contribution in [3.8, 4) is 5.75 Å². The summed E-state index contributed by atoms with van der Waals surface area (Å²) in [7, 11) is 0. The van der Waals surface area contributed by atoms with Crippen molar-refractivity contribution in [2.45, 2.75) is 26.4 Å². The second-order valence-corrected chi connectivity index (χ2v) is 4.92. The Morgan fingerprint density at radius 1 is 1.05 bits per heavy atom. The Kier molecular flexibility index (Phi) is 4.91. The lowest BCUT2D eigenvalue weighted by atomic mass is 9.99. The predicted molar refractivity (Wildman–Crippen MR) is 77.4 cm³/mol. The van der Waals surface area contributed by atoms with Crippen LogP contribution in [0.2, 0.25) is 0 Å². The van der Waals surface area contributed by atoms with Gasteiger partial charge in [-0.05, 0) is 36.6 Å². The summed E-state index contributed by atoms with van der Waals surface area (Å²) < 4.78 is 32.9. The normalized spacial score (nSPS) is 12.2. The lowest BCUT2D eigenvalue weighted by molar-refractivity contribution is 0.213. The minimum Gasteiger partial charge on any atom is -0.494 e. The van der Waals surface area contributed by atoms with Gasteiger partial charge in [-0.25, -0.2) is 8.78 Å². The van der Waals surface area contributed by atoms with Gasteiger partial charge in [0, 0.05) is 5.56 Å². The van der Waals surface area contributed by atoms with Gasteiger partial charge in [0.05, 0.1) is 6.61 Å². The van der Waals surface area contributed by atoms with Crippen LogP contribution >= 0.6 is 0 Å². The second kappa shape index (κ2) is 6.68. The van der Waals surface area contributed by atoms with Crippen molar-refractivity contribution < 1.29 is 18.6 Å². The maximum atomic E-state index is 13.9. The van der Waals surface area contributed by atoms with Crippen LogP contribution in [0.4, 0.5) is 8.78 Å². The van der Waals surface area contributed by atoms with Gasteiger partial charge >= 0.3 is 0 Å². The molecule has 0 saturated carbocycles. The minimum atomic E-state index is -1.21. The van der Waals surface area contributed by atoms with Crippen LogP contribution in [-0.4, -0.2) is 11.7 Å². The molecule has 2 aromatic carbocycles. The molecule has 0 aliphatic heterocycles. The zero-order chi connectivity index (χ0) is 15.4. The molecule has 0 heterocycles. The van der Waals surface area contributed by atoms with E-state index < -0.39 is 17.7 Å². The van der Waals surface area contributed by atoms with Gasteiger partial charge in [0.1, 0.15) is 11.9 Å². The van der Waals surface area contributed by atoms with Crippen molar-refractivity contribution in [2.24, 2.45) is 0 Å². The van der Waals surface area contributed by atoms with Crippen LogP contribution in [0.15, 0.2) is 36.4 Å². The zero-order valence-corrected chi connectivity index (χ0v) is 12.1. The molecular weight excluding hydrogens is 274 g/mol. The lowest BCUT2D eigenvalue weighted by Crippen LogP contribution is -2.05. The molecule has 0 saturated heterocycles. The molecule has 4 heteroatoms. The second-order valence-electron chi connectivity index (χ2n) is 4.92. The highest BCUT2D eigenvalue weighted by molar-refractivity contribution is 5.36. The fourth-order valence-corrected chi connectivity index (χ4v) is 2.02. The first-order valence-electron chi connectivity index (χ1n) is 6.90. The zero-order valence-electron chi connectivity index (χ0n) is 12.1. The molecule has 2 aromatic rings. The van der Waals surface area contributed by atoms with E-state index in [2.05, 4.69) is 0 Å². The van der Waals surface area contributed by atoms with Gasteiger partial charge in [-0.15, -0.1) is 0 Å². The predicted octanol–water partition coefficient (Wildman–Crippen LogP) is 4.14. The van der Waals surface area contributed by atoms with E-state index in [-0.39, 0.29) is 11.1 Å². The summed E-state index contributed by atoms with van der Waals surface area (Å²) in [5.74, 6) is -1.24. The summed E-state index contributed by atoms with van der Waals surface area (Å²) >= 11 is 0. The van der Waals surface area contributed by atoms with Gasteiger partial charge in [0.25, 0.3) is 0 Å². The van der Waals surface area contributed by atoms with Crippen molar-refractivity contribution >= 4 is 0 Å². The van der Waals surface area contributed by atoms with Crippen molar-refractivity contribution in [1.82, 2.24) is 0 Å².